The number of benzene rings is 2. The van der Waals surface area contributed by atoms with Gasteiger partial charge >= 0.3 is 0 Å². The summed E-state index contributed by atoms with van der Waals surface area (Å²) >= 11 is 6.69. The molecule has 264 valence electrons. The standard InChI is InChI=1S/C16H13BrN4O4.C9H9BrO3.C4H4N2O2.C3H2N2/c1-23-10-4-7(3-9(17)13(10)24-2)11-8(5-18)14(19)25-16-12(11)15(22)20-6-21-16;1-12-8-4-6(5-11)3-7(10)9(8)13-2;7-3-1-4(8)6-2-5-3;1-5-3-2-4/h3-4,6,11H,19H2,1-2H3,(H,20,21,22);3-5H,1-2H3;1-2H,(H2,5,6,7,8);3H2. The third kappa shape index (κ3) is 10.8. The van der Waals surface area contributed by atoms with Crippen molar-refractivity contribution in [3.05, 3.63) is 112 Å². The highest BCUT2D eigenvalue weighted by atomic mass is 79.9. The molecule has 0 aliphatic carbocycles. The Balaban J connectivity index is 0.000000287. The third-order valence-corrected chi connectivity index (χ3v) is 7.40. The predicted octanol–water partition coefficient (Wildman–Crippen LogP) is 3.95. The van der Waals surface area contributed by atoms with E-state index in [1.54, 1.807) is 37.4 Å². The van der Waals surface area contributed by atoms with Crippen LogP contribution in [-0.4, -0.2) is 66.3 Å². The molecule has 19 heteroatoms. The van der Waals surface area contributed by atoms with Crippen LogP contribution in [0.25, 0.3) is 4.85 Å². The van der Waals surface area contributed by atoms with E-state index in [0.717, 1.165) is 18.7 Å². The van der Waals surface area contributed by atoms with Crippen LogP contribution in [0.5, 0.6) is 34.8 Å². The van der Waals surface area contributed by atoms with Crippen molar-refractivity contribution in [1.82, 2.24) is 19.9 Å². The number of ether oxygens (including phenoxy) is 5. The molecule has 0 amide bonds. The maximum atomic E-state index is 12.4. The van der Waals surface area contributed by atoms with E-state index in [1.165, 1.54) is 27.7 Å². The molecule has 5 rings (SSSR count). The Morgan fingerprint density at radius 1 is 0.980 bits per heavy atom. The number of halogens is 2. The van der Waals surface area contributed by atoms with Gasteiger partial charge in [-0.2, -0.15) is 10.5 Å². The number of carbonyl (C=O) groups excluding carboxylic acids is 1. The van der Waals surface area contributed by atoms with Crippen LogP contribution in [0.4, 0.5) is 0 Å². The van der Waals surface area contributed by atoms with E-state index in [0.29, 0.717) is 43.1 Å². The summed E-state index contributed by atoms with van der Waals surface area (Å²) in [6.07, 6.45) is 3.11. The average molecular weight is 828 g/mol. The van der Waals surface area contributed by atoms with Crippen LogP contribution >= 0.6 is 31.9 Å². The van der Waals surface area contributed by atoms with E-state index in [2.05, 4.69) is 56.6 Å². The van der Waals surface area contributed by atoms with Crippen molar-refractivity contribution >= 4 is 38.1 Å². The molecule has 1 atom stereocenters. The van der Waals surface area contributed by atoms with Gasteiger partial charge in [-0.15, -0.1) is 0 Å². The first-order valence-electron chi connectivity index (χ1n) is 13.8. The first-order chi connectivity index (χ1) is 24.4. The number of nitrogens with two attached hydrogens (primary N) is 1. The summed E-state index contributed by atoms with van der Waals surface area (Å²) in [5.74, 6) is 1.04. The van der Waals surface area contributed by atoms with Crippen molar-refractivity contribution in [3.63, 3.8) is 0 Å². The highest BCUT2D eigenvalue weighted by molar-refractivity contribution is 9.11. The van der Waals surface area contributed by atoms with Crippen LogP contribution < -0.4 is 40.5 Å². The molecule has 3 heterocycles. The highest BCUT2D eigenvalue weighted by Crippen LogP contribution is 2.44. The number of fused-ring (bicyclic) bond motifs is 1. The van der Waals surface area contributed by atoms with Crippen molar-refractivity contribution < 1.29 is 33.6 Å². The largest absolute Gasteiger partial charge is 0.493 e. The van der Waals surface area contributed by atoms with Gasteiger partial charge in [0.05, 0.1) is 67.6 Å². The Labute approximate surface area is 306 Å². The van der Waals surface area contributed by atoms with Gasteiger partial charge in [-0.05, 0) is 61.7 Å². The quantitative estimate of drug-likeness (QED) is 0.122. The lowest BCUT2D eigenvalue weighted by molar-refractivity contribution is 0.112. The van der Waals surface area contributed by atoms with Crippen molar-refractivity contribution in [1.29, 1.82) is 10.5 Å². The lowest BCUT2D eigenvalue weighted by Gasteiger charge is -2.25. The number of aromatic nitrogens is 4. The number of hydrogen-bond donors (Lipinski definition) is 4. The van der Waals surface area contributed by atoms with Gasteiger partial charge < -0.3 is 49.3 Å². The van der Waals surface area contributed by atoms with Crippen molar-refractivity contribution in [2.24, 2.45) is 5.73 Å². The zero-order chi connectivity index (χ0) is 38.1. The highest BCUT2D eigenvalue weighted by Gasteiger charge is 2.35. The number of methoxy groups -OCH3 is 4. The van der Waals surface area contributed by atoms with E-state index in [1.807, 2.05) is 6.07 Å². The number of aromatic hydroxyl groups is 1. The van der Waals surface area contributed by atoms with Gasteiger partial charge in [0, 0.05) is 5.56 Å². The summed E-state index contributed by atoms with van der Waals surface area (Å²) in [6, 6.07) is 11.4. The van der Waals surface area contributed by atoms with Crippen molar-refractivity contribution in [3.8, 4) is 46.9 Å². The molecule has 0 saturated heterocycles. The summed E-state index contributed by atoms with van der Waals surface area (Å²) in [5.41, 5.74) is 6.56. The smallest absolute Gasteiger partial charge is 0.298 e. The van der Waals surface area contributed by atoms with Crippen LogP contribution in [0.15, 0.2) is 73.0 Å². The topological polar surface area (TPSA) is 253 Å². The monoisotopic (exact) mass is 826 g/mol. The minimum atomic E-state index is -0.748. The summed E-state index contributed by atoms with van der Waals surface area (Å²) in [7, 11) is 6.08. The normalized spacial score (nSPS) is 12.0. The SMILES string of the molecule is COc1cc(C2C(C#N)=C(N)Oc3nc[nH]c(=O)c32)cc(Br)c1OC.COc1cc(C=O)cc(Br)c1OC.O=c1cc(O)nc[nH]1.[C-]#[N+]CC#N. The molecule has 0 radical (unpaired) electrons. The van der Waals surface area contributed by atoms with Crippen LogP contribution in [0.1, 0.15) is 27.4 Å². The van der Waals surface area contributed by atoms with Crippen LogP contribution in [0.3, 0.4) is 0 Å². The number of aldehydes is 1. The Bertz CT molecular complexity index is 2120. The molecule has 0 bridgehead atoms. The molecular formula is C32H28Br2N8O9. The fourth-order valence-electron chi connectivity index (χ4n) is 4.13. The lowest BCUT2D eigenvalue weighted by atomic mass is 9.85. The molecule has 1 unspecified atom stereocenters. The van der Waals surface area contributed by atoms with Crippen LogP contribution in [0.2, 0.25) is 0 Å². The summed E-state index contributed by atoms with van der Waals surface area (Å²) in [5, 5.41) is 25.6. The number of rotatable bonds is 6. The fourth-order valence-corrected chi connectivity index (χ4v) is 5.38. The lowest BCUT2D eigenvalue weighted by Crippen LogP contribution is -2.28. The van der Waals surface area contributed by atoms with Gasteiger partial charge in [-0.3, -0.25) is 14.4 Å². The van der Waals surface area contributed by atoms with Gasteiger partial charge in [0.2, 0.25) is 17.6 Å². The summed E-state index contributed by atoms with van der Waals surface area (Å²) < 4.78 is 27.4. The maximum Gasteiger partial charge on any atom is 0.298 e. The van der Waals surface area contributed by atoms with Crippen molar-refractivity contribution in [2.75, 3.05) is 35.0 Å². The number of allylic oxidation sites excluding steroid dienone is 1. The van der Waals surface area contributed by atoms with E-state index in [9.17, 15) is 19.6 Å². The second-order valence-electron chi connectivity index (χ2n) is 9.21. The van der Waals surface area contributed by atoms with Crippen molar-refractivity contribution in [2.45, 2.75) is 5.92 Å². The zero-order valence-electron chi connectivity index (χ0n) is 27.2. The van der Waals surface area contributed by atoms with Gasteiger partial charge in [0.25, 0.3) is 17.7 Å². The maximum absolute atomic E-state index is 12.4. The van der Waals surface area contributed by atoms with Gasteiger partial charge in [0.15, 0.2) is 23.0 Å². The molecule has 17 nitrogen and oxygen atoms in total. The van der Waals surface area contributed by atoms with E-state index < -0.39 is 11.5 Å². The van der Waals surface area contributed by atoms with E-state index >= 15 is 0 Å². The van der Waals surface area contributed by atoms with Crippen LogP contribution in [0, 0.1) is 29.2 Å². The molecule has 4 aromatic rings. The fraction of sp³-hybridized carbons (Fsp3) is 0.188. The molecule has 2 aromatic heterocycles. The molecule has 1 aliphatic heterocycles. The number of aromatic amines is 2. The van der Waals surface area contributed by atoms with Gasteiger partial charge in [-0.25, -0.2) is 16.5 Å². The Morgan fingerprint density at radius 2 is 1.59 bits per heavy atom. The molecule has 5 N–H and O–H groups in total. The molecule has 51 heavy (non-hydrogen) atoms. The molecule has 0 saturated carbocycles. The summed E-state index contributed by atoms with van der Waals surface area (Å²) in [4.78, 5) is 47.9. The first kappa shape index (κ1) is 40.8. The Hall–Kier alpha value is -6.36. The van der Waals surface area contributed by atoms with Crippen LogP contribution in [-0.2, 0) is 0 Å². The minimum Gasteiger partial charge on any atom is -0.493 e. The number of nitrogens with one attached hydrogen (secondary N) is 2. The first-order valence-corrected chi connectivity index (χ1v) is 15.4. The zero-order valence-corrected chi connectivity index (χ0v) is 30.4. The third-order valence-electron chi connectivity index (χ3n) is 6.22. The van der Waals surface area contributed by atoms with Gasteiger partial charge in [0.1, 0.15) is 24.0 Å². The molecule has 2 aromatic carbocycles. The average Bonchev–Trinajstić information content (AvgIpc) is 3.11. The van der Waals surface area contributed by atoms with E-state index in [4.69, 9.17) is 46.4 Å². The van der Waals surface area contributed by atoms with Gasteiger partial charge in [-0.1, -0.05) is 0 Å². The number of hydrogen-bond acceptors (Lipinski definition) is 14. The summed E-state index contributed by atoms with van der Waals surface area (Å²) in [6.45, 7) is 5.99. The Morgan fingerprint density at radius 3 is 2.06 bits per heavy atom. The minimum absolute atomic E-state index is 0.0139. The number of carbonyl (C=O) groups is 1. The van der Waals surface area contributed by atoms with E-state index in [-0.39, 0.29) is 40.9 Å². The number of nitriles is 2. The second kappa shape index (κ2) is 20.2. The molecular weight excluding hydrogens is 800 g/mol. The second-order valence-corrected chi connectivity index (χ2v) is 10.9. The molecule has 0 spiro atoms. The molecule has 1 aliphatic rings. The molecule has 0 fully saturated rings. The number of nitrogens with zero attached hydrogens (tertiary/aromatic N) is 5. The number of H-pyrrole nitrogens is 2. The predicted molar refractivity (Wildman–Crippen MR) is 188 cm³/mol. The Kier molecular flexibility index (Phi) is 16.2.